The lowest BCUT2D eigenvalue weighted by atomic mass is 10.1. The summed E-state index contributed by atoms with van der Waals surface area (Å²) in [5.41, 5.74) is 0.712. The zero-order valence-electron chi connectivity index (χ0n) is 15.3. The first-order valence-corrected chi connectivity index (χ1v) is 9.45. The molecule has 3 heterocycles. The standard InChI is InChI=1S/C18H18Cl2N6O2/c1-11-21-22-16-5-6-17(23-26(11)16)25-8-13(9-25)24(2)18(27)10-28-15-4-3-12(19)7-14(15)20/h3-7,13H,8-10H2,1-2H3. The van der Waals surface area contributed by atoms with Gasteiger partial charge in [0.1, 0.15) is 11.6 Å². The van der Waals surface area contributed by atoms with Crippen LogP contribution in [0.15, 0.2) is 30.3 Å². The van der Waals surface area contributed by atoms with Crippen LogP contribution in [0.3, 0.4) is 0 Å². The summed E-state index contributed by atoms with van der Waals surface area (Å²) in [4.78, 5) is 16.2. The van der Waals surface area contributed by atoms with E-state index in [2.05, 4.69) is 20.2 Å². The number of nitrogens with zero attached hydrogens (tertiary/aromatic N) is 6. The van der Waals surface area contributed by atoms with E-state index < -0.39 is 0 Å². The summed E-state index contributed by atoms with van der Waals surface area (Å²) in [6.07, 6.45) is 0. The molecule has 0 aliphatic carbocycles. The third-order valence-corrected chi connectivity index (χ3v) is 5.31. The van der Waals surface area contributed by atoms with Gasteiger partial charge in [0.15, 0.2) is 18.1 Å². The van der Waals surface area contributed by atoms with Crippen LogP contribution in [-0.4, -0.2) is 63.4 Å². The number of carbonyl (C=O) groups is 1. The van der Waals surface area contributed by atoms with Crippen LogP contribution >= 0.6 is 23.2 Å². The Hall–Kier alpha value is -2.58. The normalized spacial score (nSPS) is 14.2. The van der Waals surface area contributed by atoms with Crippen LogP contribution < -0.4 is 9.64 Å². The van der Waals surface area contributed by atoms with Crippen molar-refractivity contribution in [1.82, 2.24) is 24.7 Å². The van der Waals surface area contributed by atoms with E-state index in [1.807, 2.05) is 19.1 Å². The Bertz CT molecular complexity index is 1030. The van der Waals surface area contributed by atoms with Crippen LogP contribution in [0.2, 0.25) is 10.0 Å². The van der Waals surface area contributed by atoms with Gasteiger partial charge in [-0.3, -0.25) is 4.79 Å². The molecule has 0 bridgehead atoms. The zero-order chi connectivity index (χ0) is 19.8. The average Bonchev–Trinajstić information content (AvgIpc) is 3.00. The van der Waals surface area contributed by atoms with Crippen molar-refractivity contribution in [3.8, 4) is 5.75 Å². The lowest BCUT2D eigenvalue weighted by Crippen LogP contribution is -2.60. The monoisotopic (exact) mass is 420 g/mol. The molecule has 0 spiro atoms. The minimum Gasteiger partial charge on any atom is -0.482 e. The molecule has 146 valence electrons. The number of aromatic nitrogens is 4. The molecule has 0 unspecified atom stereocenters. The lowest BCUT2D eigenvalue weighted by molar-refractivity contribution is -0.134. The maximum absolute atomic E-state index is 12.4. The highest BCUT2D eigenvalue weighted by Crippen LogP contribution is 2.27. The van der Waals surface area contributed by atoms with E-state index in [1.165, 1.54) is 0 Å². The maximum atomic E-state index is 12.4. The zero-order valence-corrected chi connectivity index (χ0v) is 16.9. The Morgan fingerprint density at radius 1 is 1.25 bits per heavy atom. The second-order valence-corrected chi connectivity index (χ2v) is 7.48. The molecule has 8 nitrogen and oxygen atoms in total. The third kappa shape index (κ3) is 3.57. The van der Waals surface area contributed by atoms with Gasteiger partial charge in [0.25, 0.3) is 5.91 Å². The molecule has 1 amide bonds. The van der Waals surface area contributed by atoms with Gasteiger partial charge in [-0.25, -0.2) is 0 Å². The van der Waals surface area contributed by atoms with E-state index in [9.17, 15) is 4.79 Å². The molecule has 10 heteroatoms. The number of likely N-dealkylation sites (N-methyl/N-ethyl adjacent to an activating group) is 1. The summed E-state index contributed by atoms with van der Waals surface area (Å²) in [6, 6.07) is 8.79. The van der Waals surface area contributed by atoms with Gasteiger partial charge in [-0.1, -0.05) is 23.2 Å². The highest BCUT2D eigenvalue weighted by Gasteiger charge is 2.33. The molecule has 1 fully saturated rings. The fraction of sp³-hybridized carbons (Fsp3) is 0.333. The number of hydrogen-bond donors (Lipinski definition) is 0. The van der Waals surface area contributed by atoms with Crippen LogP contribution in [0.5, 0.6) is 5.75 Å². The third-order valence-electron chi connectivity index (χ3n) is 4.78. The molecule has 0 radical (unpaired) electrons. The predicted octanol–water partition coefficient (Wildman–Crippen LogP) is 2.47. The smallest absolute Gasteiger partial charge is 0.260 e. The van der Waals surface area contributed by atoms with Crippen molar-refractivity contribution in [1.29, 1.82) is 0 Å². The summed E-state index contributed by atoms with van der Waals surface area (Å²) < 4.78 is 7.24. The first-order valence-electron chi connectivity index (χ1n) is 8.70. The first-order chi connectivity index (χ1) is 13.4. The highest BCUT2D eigenvalue weighted by atomic mass is 35.5. The van der Waals surface area contributed by atoms with Crippen molar-refractivity contribution in [2.75, 3.05) is 31.6 Å². The number of aryl methyl sites for hydroxylation is 1. The van der Waals surface area contributed by atoms with Crippen molar-refractivity contribution >= 4 is 40.6 Å². The van der Waals surface area contributed by atoms with Crippen LogP contribution in [0.1, 0.15) is 5.82 Å². The average molecular weight is 421 g/mol. The number of hydrogen-bond acceptors (Lipinski definition) is 6. The molecule has 0 saturated carbocycles. The van der Waals surface area contributed by atoms with Crippen molar-refractivity contribution in [3.05, 3.63) is 46.2 Å². The van der Waals surface area contributed by atoms with Gasteiger partial charge in [-0.2, -0.15) is 4.52 Å². The number of fused-ring (bicyclic) bond motifs is 1. The lowest BCUT2D eigenvalue weighted by Gasteiger charge is -2.44. The van der Waals surface area contributed by atoms with Gasteiger partial charge in [0, 0.05) is 25.2 Å². The Balaban J connectivity index is 1.32. The van der Waals surface area contributed by atoms with Gasteiger partial charge in [-0.05, 0) is 37.3 Å². The molecular formula is C18H18Cl2N6O2. The van der Waals surface area contributed by atoms with E-state index in [1.54, 1.807) is 34.7 Å². The number of ether oxygens (including phenoxy) is 1. The van der Waals surface area contributed by atoms with Crippen molar-refractivity contribution in [2.24, 2.45) is 0 Å². The quantitative estimate of drug-likeness (QED) is 0.630. The minimum atomic E-state index is -0.117. The number of halogens is 2. The fourth-order valence-electron chi connectivity index (χ4n) is 2.98. The number of rotatable bonds is 5. The summed E-state index contributed by atoms with van der Waals surface area (Å²) in [5.74, 6) is 1.88. The largest absolute Gasteiger partial charge is 0.482 e. The van der Waals surface area contributed by atoms with Gasteiger partial charge in [-0.15, -0.1) is 15.3 Å². The number of carbonyl (C=O) groups excluding carboxylic acids is 1. The number of amides is 1. The predicted molar refractivity (Wildman–Crippen MR) is 106 cm³/mol. The molecule has 1 aliphatic rings. The molecule has 2 aromatic heterocycles. The van der Waals surface area contributed by atoms with E-state index in [-0.39, 0.29) is 18.6 Å². The Labute approximate surface area is 171 Å². The molecule has 0 atom stereocenters. The summed E-state index contributed by atoms with van der Waals surface area (Å²) in [6.45, 7) is 3.17. The van der Waals surface area contributed by atoms with Gasteiger partial charge < -0.3 is 14.5 Å². The SMILES string of the molecule is Cc1nnc2ccc(N3CC(N(C)C(=O)COc4ccc(Cl)cc4Cl)C3)nn12. The van der Waals surface area contributed by atoms with Crippen LogP contribution in [-0.2, 0) is 4.79 Å². The molecule has 1 aliphatic heterocycles. The van der Waals surface area contributed by atoms with Crippen molar-refractivity contribution < 1.29 is 9.53 Å². The van der Waals surface area contributed by atoms with Crippen LogP contribution in [0.25, 0.3) is 5.65 Å². The summed E-state index contributed by atoms with van der Waals surface area (Å²) in [5, 5.41) is 13.5. The molecule has 28 heavy (non-hydrogen) atoms. The van der Waals surface area contributed by atoms with Gasteiger partial charge in [0.2, 0.25) is 0 Å². The molecule has 4 rings (SSSR count). The molecule has 1 aromatic carbocycles. The minimum absolute atomic E-state index is 0.0849. The number of benzene rings is 1. The van der Waals surface area contributed by atoms with Gasteiger partial charge >= 0.3 is 0 Å². The van der Waals surface area contributed by atoms with Crippen LogP contribution in [0, 0.1) is 6.92 Å². The van der Waals surface area contributed by atoms with Gasteiger partial charge in [0.05, 0.1) is 11.1 Å². The second-order valence-electron chi connectivity index (χ2n) is 6.64. The van der Waals surface area contributed by atoms with E-state index in [4.69, 9.17) is 27.9 Å². The molecule has 0 N–H and O–H groups in total. The summed E-state index contributed by atoms with van der Waals surface area (Å²) in [7, 11) is 1.78. The van der Waals surface area contributed by atoms with Crippen molar-refractivity contribution in [3.63, 3.8) is 0 Å². The maximum Gasteiger partial charge on any atom is 0.260 e. The van der Waals surface area contributed by atoms with Crippen molar-refractivity contribution in [2.45, 2.75) is 13.0 Å². The van der Waals surface area contributed by atoms with E-state index >= 15 is 0 Å². The highest BCUT2D eigenvalue weighted by molar-refractivity contribution is 6.35. The Morgan fingerprint density at radius 2 is 2.04 bits per heavy atom. The second kappa shape index (κ2) is 7.44. The molecule has 3 aromatic rings. The molecular weight excluding hydrogens is 403 g/mol. The van der Waals surface area contributed by atoms with E-state index in [0.29, 0.717) is 34.5 Å². The molecule has 1 saturated heterocycles. The Morgan fingerprint density at radius 3 is 2.79 bits per heavy atom. The first kappa shape index (κ1) is 18.8. The topological polar surface area (TPSA) is 75.9 Å². The fourth-order valence-corrected chi connectivity index (χ4v) is 3.44. The Kier molecular flexibility index (Phi) is 4.99. The summed E-state index contributed by atoms with van der Waals surface area (Å²) >= 11 is 11.9. The number of anilines is 1. The van der Waals surface area contributed by atoms with E-state index in [0.717, 1.165) is 11.6 Å². The van der Waals surface area contributed by atoms with Crippen LogP contribution in [0.4, 0.5) is 5.82 Å².